The summed E-state index contributed by atoms with van der Waals surface area (Å²) in [5.74, 6) is -0.402. The number of carbonyl (C=O) groups excluding carboxylic acids is 1. The van der Waals surface area contributed by atoms with E-state index in [9.17, 15) is 4.79 Å². The molecule has 0 aromatic heterocycles. The zero-order chi connectivity index (χ0) is 14.8. The lowest BCUT2D eigenvalue weighted by Crippen LogP contribution is -2.39. The molecule has 0 saturated heterocycles. The fraction of sp³-hybridized carbons (Fsp3) is 0.235. The van der Waals surface area contributed by atoms with Crippen molar-refractivity contribution >= 4 is 11.6 Å². The van der Waals surface area contributed by atoms with E-state index < -0.39 is 5.91 Å². The van der Waals surface area contributed by atoms with Crippen molar-refractivity contribution in [2.24, 2.45) is 11.5 Å². The number of nitrogens with two attached hydrogens (primary N) is 2. The molecular formula is C17H19N3O. The van der Waals surface area contributed by atoms with Crippen LogP contribution in [-0.4, -0.2) is 19.0 Å². The molecule has 1 aliphatic rings. The van der Waals surface area contributed by atoms with E-state index in [1.54, 1.807) is 12.1 Å². The highest BCUT2D eigenvalue weighted by Crippen LogP contribution is 2.33. The Labute approximate surface area is 124 Å². The molecule has 2 aromatic carbocycles. The standard InChI is InChI=1S/C17H19N3O/c18-11-16-15-4-2-1-3-12(15)9-10-20(16)14-7-5-13(6-8-14)17(19)21/h1-8,16H,9-11,18H2,(H2,19,21). The minimum absolute atomic E-state index is 0.175. The first-order chi connectivity index (χ1) is 10.2. The first-order valence-corrected chi connectivity index (χ1v) is 7.15. The van der Waals surface area contributed by atoms with E-state index in [-0.39, 0.29) is 6.04 Å². The van der Waals surface area contributed by atoms with Gasteiger partial charge in [0.15, 0.2) is 0 Å². The van der Waals surface area contributed by atoms with Crippen molar-refractivity contribution in [2.45, 2.75) is 12.5 Å². The topological polar surface area (TPSA) is 72.3 Å². The molecule has 4 N–H and O–H groups in total. The Kier molecular flexibility index (Phi) is 3.62. The minimum atomic E-state index is -0.402. The maximum atomic E-state index is 11.2. The molecule has 4 nitrogen and oxygen atoms in total. The molecule has 0 radical (unpaired) electrons. The van der Waals surface area contributed by atoms with E-state index in [1.807, 2.05) is 12.1 Å². The molecule has 21 heavy (non-hydrogen) atoms. The lowest BCUT2D eigenvalue weighted by atomic mass is 9.92. The van der Waals surface area contributed by atoms with Crippen LogP contribution in [0.4, 0.5) is 5.69 Å². The normalized spacial score (nSPS) is 17.4. The summed E-state index contributed by atoms with van der Waals surface area (Å²) < 4.78 is 0. The number of rotatable bonds is 3. The second kappa shape index (κ2) is 5.58. The number of carbonyl (C=O) groups is 1. The number of benzene rings is 2. The van der Waals surface area contributed by atoms with Crippen LogP contribution < -0.4 is 16.4 Å². The van der Waals surface area contributed by atoms with Crippen LogP contribution in [0.15, 0.2) is 48.5 Å². The fourth-order valence-corrected chi connectivity index (χ4v) is 3.03. The molecule has 2 aromatic rings. The van der Waals surface area contributed by atoms with Gasteiger partial charge >= 0.3 is 0 Å². The average Bonchev–Trinajstić information content (AvgIpc) is 2.53. The molecule has 0 bridgehead atoms. The first-order valence-electron chi connectivity index (χ1n) is 7.15. The molecule has 3 rings (SSSR count). The molecular weight excluding hydrogens is 262 g/mol. The van der Waals surface area contributed by atoms with Gasteiger partial charge in [-0.3, -0.25) is 4.79 Å². The smallest absolute Gasteiger partial charge is 0.248 e. The minimum Gasteiger partial charge on any atom is -0.366 e. The number of hydrogen-bond acceptors (Lipinski definition) is 3. The zero-order valence-electron chi connectivity index (χ0n) is 11.8. The SMILES string of the molecule is NCC1c2ccccc2CCN1c1ccc(C(N)=O)cc1. The van der Waals surface area contributed by atoms with E-state index in [1.165, 1.54) is 11.1 Å². The summed E-state index contributed by atoms with van der Waals surface area (Å²) in [5, 5.41) is 0. The summed E-state index contributed by atoms with van der Waals surface area (Å²) in [6, 6.07) is 16.0. The van der Waals surface area contributed by atoms with E-state index in [0.29, 0.717) is 12.1 Å². The van der Waals surface area contributed by atoms with Crippen molar-refractivity contribution in [3.63, 3.8) is 0 Å². The third-order valence-electron chi connectivity index (χ3n) is 4.12. The average molecular weight is 281 g/mol. The molecule has 1 heterocycles. The number of primary amides is 1. The van der Waals surface area contributed by atoms with E-state index >= 15 is 0 Å². The van der Waals surface area contributed by atoms with Gasteiger partial charge in [0.25, 0.3) is 0 Å². The van der Waals surface area contributed by atoms with Gasteiger partial charge in [0.05, 0.1) is 6.04 Å². The molecule has 1 amide bonds. The van der Waals surface area contributed by atoms with Crippen LogP contribution in [0.2, 0.25) is 0 Å². The van der Waals surface area contributed by atoms with Crippen molar-refractivity contribution in [2.75, 3.05) is 18.0 Å². The summed E-state index contributed by atoms with van der Waals surface area (Å²) in [4.78, 5) is 13.5. The Morgan fingerprint density at radius 2 is 1.86 bits per heavy atom. The second-order valence-electron chi connectivity index (χ2n) is 5.30. The molecule has 1 unspecified atom stereocenters. The van der Waals surface area contributed by atoms with Gasteiger partial charge < -0.3 is 16.4 Å². The molecule has 108 valence electrons. The van der Waals surface area contributed by atoms with Crippen LogP contribution in [0.1, 0.15) is 27.5 Å². The molecule has 0 spiro atoms. The van der Waals surface area contributed by atoms with Gasteiger partial charge in [-0.05, 0) is 41.8 Å². The lowest BCUT2D eigenvalue weighted by Gasteiger charge is -2.38. The maximum Gasteiger partial charge on any atom is 0.248 e. The van der Waals surface area contributed by atoms with Gasteiger partial charge in [-0.1, -0.05) is 24.3 Å². The van der Waals surface area contributed by atoms with Gasteiger partial charge in [0.1, 0.15) is 0 Å². The molecule has 1 aliphatic heterocycles. The summed E-state index contributed by atoms with van der Waals surface area (Å²) in [7, 11) is 0. The molecule has 4 heteroatoms. The monoisotopic (exact) mass is 281 g/mol. The van der Waals surface area contributed by atoms with Gasteiger partial charge in [-0.25, -0.2) is 0 Å². The van der Waals surface area contributed by atoms with Crippen molar-refractivity contribution in [3.8, 4) is 0 Å². The Hall–Kier alpha value is -2.33. The largest absolute Gasteiger partial charge is 0.366 e. The Morgan fingerprint density at radius 3 is 2.52 bits per heavy atom. The van der Waals surface area contributed by atoms with Crippen LogP contribution in [0, 0.1) is 0 Å². The fourth-order valence-electron chi connectivity index (χ4n) is 3.03. The highest BCUT2D eigenvalue weighted by atomic mass is 16.1. The third kappa shape index (κ3) is 2.50. The summed E-state index contributed by atoms with van der Waals surface area (Å²) in [6.07, 6.45) is 1.00. The Bertz CT molecular complexity index is 651. The highest BCUT2D eigenvalue weighted by Gasteiger charge is 2.26. The number of fused-ring (bicyclic) bond motifs is 1. The van der Waals surface area contributed by atoms with Crippen LogP contribution in [-0.2, 0) is 6.42 Å². The van der Waals surface area contributed by atoms with Crippen LogP contribution >= 0.6 is 0 Å². The van der Waals surface area contributed by atoms with Crippen LogP contribution in [0.5, 0.6) is 0 Å². The molecule has 0 saturated carbocycles. The number of nitrogens with zero attached hydrogens (tertiary/aromatic N) is 1. The summed E-state index contributed by atoms with van der Waals surface area (Å²) in [6.45, 7) is 1.49. The molecule has 0 aliphatic carbocycles. The predicted octanol–water partition coefficient (Wildman–Crippen LogP) is 1.85. The van der Waals surface area contributed by atoms with Gasteiger partial charge in [-0.15, -0.1) is 0 Å². The van der Waals surface area contributed by atoms with Crippen LogP contribution in [0.25, 0.3) is 0 Å². The predicted molar refractivity (Wildman–Crippen MR) is 84.2 cm³/mol. The van der Waals surface area contributed by atoms with Gasteiger partial charge in [-0.2, -0.15) is 0 Å². The first kappa shape index (κ1) is 13.6. The van der Waals surface area contributed by atoms with Crippen molar-refractivity contribution in [3.05, 3.63) is 65.2 Å². The lowest BCUT2D eigenvalue weighted by molar-refractivity contribution is 0.100. The van der Waals surface area contributed by atoms with E-state index in [2.05, 4.69) is 29.2 Å². The van der Waals surface area contributed by atoms with Gasteiger partial charge in [0.2, 0.25) is 5.91 Å². The van der Waals surface area contributed by atoms with Crippen molar-refractivity contribution in [1.82, 2.24) is 0 Å². The number of hydrogen-bond donors (Lipinski definition) is 2. The second-order valence-corrected chi connectivity index (χ2v) is 5.30. The van der Waals surface area contributed by atoms with Crippen LogP contribution in [0.3, 0.4) is 0 Å². The summed E-state index contributed by atoms with van der Waals surface area (Å²) in [5.41, 5.74) is 15.6. The summed E-state index contributed by atoms with van der Waals surface area (Å²) >= 11 is 0. The van der Waals surface area contributed by atoms with Crippen molar-refractivity contribution < 1.29 is 4.79 Å². The maximum absolute atomic E-state index is 11.2. The number of amides is 1. The van der Waals surface area contributed by atoms with Gasteiger partial charge in [0, 0.05) is 24.3 Å². The molecule has 0 fully saturated rings. The Balaban J connectivity index is 1.94. The quantitative estimate of drug-likeness (QED) is 0.901. The highest BCUT2D eigenvalue weighted by molar-refractivity contribution is 5.93. The third-order valence-corrected chi connectivity index (χ3v) is 4.12. The zero-order valence-corrected chi connectivity index (χ0v) is 11.8. The molecule has 1 atom stereocenters. The van der Waals surface area contributed by atoms with Crippen molar-refractivity contribution in [1.29, 1.82) is 0 Å². The Morgan fingerprint density at radius 1 is 1.14 bits per heavy atom. The number of anilines is 1. The van der Waals surface area contributed by atoms with E-state index in [4.69, 9.17) is 11.5 Å². The van der Waals surface area contributed by atoms with E-state index in [0.717, 1.165) is 18.7 Å².